The zero-order chi connectivity index (χ0) is 16.4. The Labute approximate surface area is 140 Å². The van der Waals surface area contributed by atoms with Crippen LogP contribution in [0.3, 0.4) is 0 Å². The molecule has 2 aromatic heterocycles. The number of nitrogens with zero attached hydrogens (tertiary/aromatic N) is 3. The SMILES string of the molecule is C[C@H](C(=O)NCc1ccccc1Br)n1ncn2cccc2c1=O. The van der Waals surface area contributed by atoms with Crippen LogP contribution < -0.4 is 10.9 Å². The monoisotopic (exact) mass is 374 g/mol. The lowest BCUT2D eigenvalue weighted by atomic mass is 10.2. The van der Waals surface area contributed by atoms with Gasteiger partial charge in [-0.05, 0) is 30.7 Å². The zero-order valence-corrected chi connectivity index (χ0v) is 14.0. The van der Waals surface area contributed by atoms with Gasteiger partial charge in [0.05, 0.1) is 0 Å². The highest BCUT2D eigenvalue weighted by Gasteiger charge is 2.18. The first-order chi connectivity index (χ1) is 11.1. The molecule has 0 radical (unpaired) electrons. The molecular weight excluding hydrogens is 360 g/mol. The smallest absolute Gasteiger partial charge is 0.291 e. The van der Waals surface area contributed by atoms with E-state index in [0.29, 0.717) is 12.1 Å². The Morgan fingerprint density at radius 1 is 1.30 bits per heavy atom. The van der Waals surface area contributed by atoms with E-state index in [2.05, 4.69) is 26.3 Å². The maximum atomic E-state index is 12.4. The molecule has 0 saturated carbocycles. The molecule has 0 unspecified atom stereocenters. The molecule has 0 aliphatic heterocycles. The lowest BCUT2D eigenvalue weighted by molar-refractivity contribution is -0.124. The summed E-state index contributed by atoms with van der Waals surface area (Å²) in [4.78, 5) is 24.7. The number of carbonyl (C=O) groups excluding carboxylic acids is 1. The van der Waals surface area contributed by atoms with Gasteiger partial charge < -0.3 is 9.72 Å². The van der Waals surface area contributed by atoms with E-state index in [0.717, 1.165) is 10.0 Å². The zero-order valence-electron chi connectivity index (χ0n) is 12.4. The maximum absolute atomic E-state index is 12.4. The molecule has 0 aliphatic rings. The van der Waals surface area contributed by atoms with Crippen molar-refractivity contribution in [1.29, 1.82) is 0 Å². The second-order valence-electron chi connectivity index (χ2n) is 5.17. The van der Waals surface area contributed by atoms with Crippen LogP contribution in [-0.2, 0) is 11.3 Å². The topological polar surface area (TPSA) is 68.4 Å². The largest absolute Gasteiger partial charge is 0.350 e. The summed E-state index contributed by atoms with van der Waals surface area (Å²) in [6.45, 7) is 2.04. The molecule has 1 N–H and O–H groups in total. The van der Waals surface area contributed by atoms with E-state index < -0.39 is 6.04 Å². The van der Waals surface area contributed by atoms with Gasteiger partial charge in [0.2, 0.25) is 5.91 Å². The summed E-state index contributed by atoms with van der Waals surface area (Å²) in [7, 11) is 0. The molecule has 0 saturated heterocycles. The van der Waals surface area contributed by atoms with Crippen LogP contribution in [0.25, 0.3) is 5.52 Å². The number of rotatable bonds is 4. The molecule has 0 spiro atoms. The first kappa shape index (κ1) is 15.5. The Kier molecular flexibility index (Phi) is 4.29. The van der Waals surface area contributed by atoms with Gasteiger partial charge in [-0.3, -0.25) is 9.59 Å². The van der Waals surface area contributed by atoms with Crippen molar-refractivity contribution in [3.8, 4) is 0 Å². The van der Waals surface area contributed by atoms with Crippen LogP contribution in [0.2, 0.25) is 0 Å². The van der Waals surface area contributed by atoms with Gasteiger partial charge in [-0.15, -0.1) is 0 Å². The minimum Gasteiger partial charge on any atom is -0.350 e. The van der Waals surface area contributed by atoms with Crippen LogP contribution in [0.5, 0.6) is 0 Å². The molecule has 3 aromatic rings. The number of nitrogens with one attached hydrogen (secondary N) is 1. The van der Waals surface area contributed by atoms with E-state index in [4.69, 9.17) is 0 Å². The quantitative estimate of drug-likeness (QED) is 0.760. The van der Waals surface area contributed by atoms with E-state index in [1.54, 1.807) is 29.7 Å². The van der Waals surface area contributed by atoms with Crippen LogP contribution in [0.4, 0.5) is 0 Å². The number of fused-ring (bicyclic) bond motifs is 1. The number of hydrogen-bond donors (Lipinski definition) is 1. The molecule has 0 fully saturated rings. The van der Waals surface area contributed by atoms with Crippen LogP contribution >= 0.6 is 15.9 Å². The molecule has 6 nitrogen and oxygen atoms in total. The highest BCUT2D eigenvalue weighted by molar-refractivity contribution is 9.10. The van der Waals surface area contributed by atoms with Gasteiger partial charge in [0, 0.05) is 17.2 Å². The van der Waals surface area contributed by atoms with Crippen LogP contribution in [0.15, 0.2) is 58.2 Å². The molecule has 2 heterocycles. The lowest BCUT2D eigenvalue weighted by Gasteiger charge is -2.14. The van der Waals surface area contributed by atoms with E-state index in [-0.39, 0.29) is 11.5 Å². The Bertz CT molecular complexity index is 916. The highest BCUT2D eigenvalue weighted by atomic mass is 79.9. The maximum Gasteiger partial charge on any atom is 0.291 e. The summed E-state index contributed by atoms with van der Waals surface area (Å²) >= 11 is 3.44. The van der Waals surface area contributed by atoms with Gasteiger partial charge in [-0.1, -0.05) is 34.1 Å². The van der Waals surface area contributed by atoms with Crippen molar-refractivity contribution in [2.45, 2.75) is 19.5 Å². The standard InChI is InChI=1S/C16H15BrN4O2/c1-11(15(22)18-9-12-5-2-3-6-13(12)17)21-16(23)14-7-4-8-20(14)10-19-21/h2-8,10-11H,9H2,1H3,(H,18,22)/t11-/m1/s1. The van der Waals surface area contributed by atoms with Crippen molar-refractivity contribution in [2.24, 2.45) is 0 Å². The van der Waals surface area contributed by atoms with Crippen molar-refractivity contribution in [3.05, 3.63) is 69.3 Å². The van der Waals surface area contributed by atoms with Gasteiger partial charge in [-0.2, -0.15) is 5.10 Å². The van der Waals surface area contributed by atoms with E-state index in [1.165, 1.54) is 11.0 Å². The number of carbonyl (C=O) groups is 1. The van der Waals surface area contributed by atoms with Gasteiger partial charge >= 0.3 is 0 Å². The first-order valence-corrected chi connectivity index (χ1v) is 7.93. The second kappa shape index (κ2) is 6.37. The first-order valence-electron chi connectivity index (χ1n) is 7.13. The van der Waals surface area contributed by atoms with Gasteiger partial charge in [-0.25, -0.2) is 4.68 Å². The lowest BCUT2D eigenvalue weighted by Crippen LogP contribution is -2.37. The molecule has 0 aliphatic carbocycles. The summed E-state index contributed by atoms with van der Waals surface area (Å²) in [5.41, 5.74) is 1.17. The third-order valence-electron chi connectivity index (χ3n) is 3.66. The van der Waals surface area contributed by atoms with Crippen molar-refractivity contribution in [1.82, 2.24) is 19.5 Å². The summed E-state index contributed by atoms with van der Waals surface area (Å²) < 4.78 is 3.76. The fourth-order valence-electron chi connectivity index (χ4n) is 2.32. The second-order valence-corrected chi connectivity index (χ2v) is 6.02. The third kappa shape index (κ3) is 3.05. The Hall–Kier alpha value is -2.41. The molecule has 3 rings (SSSR count). The summed E-state index contributed by atoms with van der Waals surface area (Å²) in [5, 5.41) is 6.90. The summed E-state index contributed by atoms with van der Waals surface area (Å²) in [6, 6.07) is 10.4. The number of amides is 1. The molecular formula is C16H15BrN4O2. The van der Waals surface area contributed by atoms with Gasteiger partial charge in [0.15, 0.2) is 0 Å². The average molecular weight is 375 g/mol. The van der Waals surface area contributed by atoms with E-state index >= 15 is 0 Å². The van der Waals surface area contributed by atoms with E-state index in [9.17, 15) is 9.59 Å². The average Bonchev–Trinajstić information content (AvgIpc) is 3.03. The molecule has 1 amide bonds. The van der Waals surface area contributed by atoms with Crippen molar-refractivity contribution >= 4 is 27.4 Å². The van der Waals surface area contributed by atoms with E-state index in [1.807, 2.05) is 24.3 Å². The van der Waals surface area contributed by atoms with Crippen molar-refractivity contribution < 1.29 is 4.79 Å². The number of hydrogen-bond acceptors (Lipinski definition) is 3. The summed E-state index contributed by atoms with van der Waals surface area (Å²) in [6.07, 6.45) is 3.26. The predicted octanol–water partition coefficient (Wildman–Crippen LogP) is 2.14. The predicted molar refractivity (Wildman–Crippen MR) is 90.2 cm³/mol. The minimum atomic E-state index is -0.690. The van der Waals surface area contributed by atoms with Gasteiger partial charge in [0.1, 0.15) is 17.9 Å². The number of aromatic nitrogens is 3. The van der Waals surface area contributed by atoms with Crippen molar-refractivity contribution in [3.63, 3.8) is 0 Å². The number of halogens is 1. The fourth-order valence-corrected chi connectivity index (χ4v) is 2.74. The van der Waals surface area contributed by atoms with Crippen LogP contribution in [0, 0.1) is 0 Å². The fraction of sp³-hybridized carbons (Fsp3) is 0.188. The van der Waals surface area contributed by atoms with Crippen molar-refractivity contribution in [2.75, 3.05) is 0 Å². The minimum absolute atomic E-state index is 0.258. The molecule has 1 aromatic carbocycles. The molecule has 0 bridgehead atoms. The normalized spacial score (nSPS) is 12.3. The Morgan fingerprint density at radius 2 is 2.09 bits per heavy atom. The summed E-state index contributed by atoms with van der Waals surface area (Å²) in [5.74, 6) is -0.258. The van der Waals surface area contributed by atoms with Crippen LogP contribution in [-0.4, -0.2) is 20.1 Å². The highest BCUT2D eigenvalue weighted by Crippen LogP contribution is 2.15. The molecule has 23 heavy (non-hydrogen) atoms. The number of benzene rings is 1. The molecule has 1 atom stereocenters. The molecule has 118 valence electrons. The van der Waals surface area contributed by atoms with Crippen LogP contribution in [0.1, 0.15) is 18.5 Å². The van der Waals surface area contributed by atoms with Gasteiger partial charge in [0.25, 0.3) is 5.56 Å². The Morgan fingerprint density at radius 3 is 2.87 bits per heavy atom. The molecule has 7 heteroatoms. The Balaban J connectivity index is 1.77. The third-order valence-corrected chi connectivity index (χ3v) is 4.44.